The van der Waals surface area contributed by atoms with E-state index in [0.29, 0.717) is 0 Å². The second kappa shape index (κ2) is 6.91. The maximum atomic E-state index is 12.1. The summed E-state index contributed by atoms with van der Waals surface area (Å²) in [6.45, 7) is 1.60. The molecule has 22 heavy (non-hydrogen) atoms. The molecule has 1 aliphatic heterocycles. The van der Waals surface area contributed by atoms with Crippen LogP contribution in [0, 0.1) is 21.4 Å². The number of nitro groups is 1. The first-order chi connectivity index (χ1) is 10.5. The Bertz CT molecular complexity index is 675. The molecule has 1 aromatic rings. The van der Waals surface area contributed by atoms with E-state index in [4.69, 9.17) is 16.9 Å². The fraction of sp³-hybridized carbons (Fsp3) is 0.286. The van der Waals surface area contributed by atoms with Crippen molar-refractivity contribution in [1.82, 2.24) is 4.90 Å². The normalized spacial score (nSPS) is 14.5. The quantitative estimate of drug-likeness (QED) is 0.398. The zero-order chi connectivity index (χ0) is 16.1. The number of nitrogens with one attached hydrogen (secondary N) is 1. The third-order valence-corrected chi connectivity index (χ3v) is 3.56. The molecular formula is C14H13ClN4O3. The van der Waals surface area contributed by atoms with Crippen molar-refractivity contribution in [2.24, 2.45) is 0 Å². The van der Waals surface area contributed by atoms with Crippen molar-refractivity contribution < 1.29 is 9.72 Å². The largest absolute Gasteiger partial charge is 0.376 e. The van der Waals surface area contributed by atoms with E-state index in [1.165, 1.54) is 18.3 Å². The number of nitriles is 1. The van der Waals surface area contributed by atoms with Gasteiger partial charge in [-0.3, -0.25) is 14.9 Å². The zero-order valence-corrected chi connectivity index (χ0v) is 12.3. The topological polar surface area (TPSA) is 99.3 Å². The van der Waals surface area contributed by atoms with Crippen molar-refractivity contribution in [3.8, 4) is 6.07 Å². The summed E-state index contributed by atoms with van der Waals surface area (Å²) in [5.41, 5.74) is -0.158. The van der Waals surface area contributed by atoms with Gasteiger partial charge in [-0.25, -0.2) is 0 Å². The first-order valence-electron chi connectivity index (χ1n) is 6.62. The van der Waals surface area contributed by atoms with Gasteiger partial charge in [0.25, 0.3) is 11.6 Å². The number of rotatable bonds is 4. The van der Waals surface area contributed by atoms with Gasteiger partial charge in [-0.1, -0.05) is 11.6 Å². The molecular weight excluding hydrogens is 308 g/mol. The van der Waals surface area contributed by atoms with E-state index in [2.05, 4.69) is 5.32 Å². The fourth-order valence-corrected chi connectivity index (χ4v) is 2.27. The zero-order valence-electron chi connectivity index (χ0n) is 11.6. The summed E-state index contributed by atoms with van der Waals surface area (Å²) in [4.78, 5) is 24.2. The van der Waals surface area contributed by atoms with Gasteiger partial charge >= 0.3 is 0 Å². The number of likely N-dealkylation sites (tertiary alicyclic amines) is 1. The molecule has 1 amide bonds. The third-order valence-electron chi connectivity index (χ3n) is 3.23. The minimum atomic E-state index is -0.642. The second-order valence-electron chi connectivity index (χ2n) is 4.77. The summed E-state index contributed by atoms with van der Waals surface area (Å²) in [5.74, 6) is -0.642. The molecule has 0 bridgehead atoms. The molecule has 0 aromatic heterocycles. The molecule has 8 heteroatoms. The lowest BCUT2D eigenvalue weighted by atomic mass is 10.2. The highest BCUT2D eigenvalue weighted by molar-refractivity contribution is 6.34. The molecule has 1 aliphatic rings. The molecule has 0 radical (unpaired) electrons. The van der Waals surface area contributed by atoms with Gasteiger partial charge in [-0.05, 0) is 18.9 Å². The van der Waals surface area contributed by atoms with Gasteiger partial charge in [-0.15, -0.1) is 0 Å². The number of amides is 1. The highest BCUT2D eigenvalue weighted by atomic mass is 35.5. The summed E-state index contributed by atoms with van der Waals surface area (Å²) in [5, 5.41) is 22.5. The van der Waals surface area contributed by atoms with Crippen LogP contribution in [0.15, 0.2) is 30.0 Å². The Hall–Kier alpha value is -2.59. The molecule has 114 valence electrons. The number of hydrogen-bond acceptors (Lipinski definition) is 5. The summed E-state index contributed by atoms with van der Waals surface area (Å²) >= 11 is 5.91. The molecule has 7 nitrogen and oxygen atoms in total. The molecule has 1 aromatic carbocycles. The van der Waals surface area contributed by atoms with Crippen LogP contribution in [0.25, 0.3) is 0 Å². The summed E-state index contributed by atoms with van der Waals surface area (Å²) < 4.78 is 0. The Balaban J connectivity index is 2.18. The van der Waals surface area contributed by atoms with Crippen molar-refractivity contribution in [3.05, 3.63) is 45.1 Å². The van der Waals surface area contributed by atoms with Gasteiger partial charge in [0, 0.05) is 31.4 Å². The first-order valence-corrected chi connectivity index (χ1v) is 7.00. The molecule has 1 heterocycles. The minimum absolute atomic E-state index is 0.0653. The van der Waals surface area contributed by atoms with E-state index in [1.54, 1.807) is 0 Å². The van der Waals surface area contributed by atoms with Gasteiger partial charge < -0.3 is 10.2 Å². The van der Waals surface area contributed by atoms with Gasteiger partial charge in [0.05, 0.1) is 15.6 Å². The molecule has 0 aliphatic carbocycles. The van der Waals surface area contributed by atoms with Crippen LogP contribution in [0.4, 0.5) is 11.4 Å². The third kappa shape index (κ3) is 3.74. The fourth-order valence-electron chi connectivity index (χ4n) is 2.10. The predicted molar refractivity (Wildman–Crippen MR) is 81.2 cm³/mol. The van der Waals surface area contributed by atoms with Gasteiger partial charge in [0.2, 0.25) is 0 Å². The standard InChI is InChI=1S/C14H13ClN4O3/c15-12-4-3-11(19(21)22)7-13(12)17-14(20)10(8-16)9-18-5-1-2-6-18/h3-4,7,9H,1-2,5-6H2,(H,17,20)/b10-9-. The lowest BCUT2D eigenvalue weighted by molar-refractivity contribution is -0.384. The average Bonchev–Trinajstić information content (AvgIpc) is 2.99. The lowest BCUT2D eigenvalue weighted by Gasteiger charge is -2.12. The maximum absolute atomic E-state index is 12.1. The number of carbonyl (C=O) groups excluding carboxylic acids is 1. The number of nitro benzene ring substituents is 1. The van der Waals surface area contributed by atoms with Crippen LogP contribution in [0.3, 0.4) is 0 Å². The molecule has 0 spiro atoms. The Morgan fingerprint density at radius 3 is 2.73 bits per heavy atom. The summed E-state index contributed by atoms with van der Waals surface area (Å²) in [6, 6.07) is 5.56. The smallest absolute Gasteiger partial charge is 0.271 e. The Morgan fingerprint density at radius 1 is 1.45 bits per heavy atom. The van der Waals surface area contributed by atoms with E-state index in [-0.39, 0.29) is 22.0 Å². The van der Waals surface area contributed by atoms with Crippen molar-refractivity contribution in [2.75, 3.05) is 18.4 Å². The number of hydrogen-bond donors (Lipinski definition) is 1. The SMILES string of the molecule is N#C/C(=C/N1CCCC1)C(=O)Nc1cc([N+](=O)[O-])ccc1Cl. The first kappa shape index (κ1) is 15.8. The van der Waals surface area contributed by atoms with Gasteiger partial charge in [0.1, 0.15) is 11.6 Å². The lowest BCUT2D eigenvalue weighted by Crippen LogP contribution is -2.19. The van der Waals surface area contributed by atoms with Crippen LogP contribution in [0.1, 0.15) is 12.8 Å². The van der Waals surface area contributed by atoms with Crippen molar-refractivity contribution in [1.29, 1.82) is 5.26 Å². The summed E-state index contributed by atoms with van der Waals surface area (Å²) in [7, 11) is 0. The van der Waals surface area contributed by atoms with E-state index in [1.807, 2.05) is 11.0 Å². The van der Waals surface area contributed by atoms with E-state index < -0.39 is 10.8 Å². The number of non-ortho nitro benzene ring substituents is 1. The van der Waals surface area contributed by atoms with Crippen molar-refractivity contribution in [2.45, 2.75) is 12.8 Å². The van der Waals surface area contributed by atoms with Crippen LogP contribution in [0.5, 0.6) is 0 Å². The van der Waals surface area contributed by atoms with Crippen molar-refractivity contribution in [3.63, 3.8) is 0 Å². The second-order valence-corrected chi connectivity index (χ2v) is 5.18. The molecule has 0 saturated carbocycles. The molecule has 0 atom stereocenters. The Kier molecular flexibility index (Phi) is 4.96. The predicted octanol–water partition coefficient (Wildman–Crippen LogP) is 2.69. The number of carbonyl (C=O) groups is 1. The number of nitrogens with zero attached hydrogens (tertiary/aromatic N) is 3. The molecule has 1 N–H and O–H groups in total. The number of benzene rings is 1. The highest BCUT2D eigenvalue weighted by Gasteiger charge is 2.17. The number of halogens is 1. The number of anilines is 1. The van der Waals surface area contributed by atoms with Crippen LogP contribution in [0.2, 0.25) is 5.02 Å². The van der Waals surface area contributed by atoms with E-state index in [0.717, 1.165) is 32.0 Å². The average molecular weight is 321 g/mol. The Morgan fingerprint density at radius 2 is 2.14 bits per heavy atom. The Labute approximate surface area is 131 Å². The van der Waals surface area contributed by atoms with E-state index in [9.17, 15) is 14.9 Å². The summed E-state index contributed by atoms with van der Waals surface area (Å²) in [6.07, 6.45) is 3.55. The molecule has 2 rings (SSSR count). The van der Waals surface area contributed by atoms with Gasteiger partial charge in [0.15, 0.2) is 0 Å². The monoisotopic (exact) mass is 320 g/mol. The van der Waals surface area contributed by atoms with E-state index >= 15 is 0 Å². The maximum Gasteiger partial charge on any atom is 0.271 e. The highest BCUT2D eigenvalue weighted by Crippen LogP contribution is 2.27. The molecule has 0 unspecified atom stereocenters. The van der Waals surface area contributed by atoms with Gasteiger partial charge in [-0.2, -0.15) is 5.26 Å². The van der Waals surface area contributed by atoms with Crippen LogP contribution in [-0.4, -0.2) is 28.8 Å². The van der Waals surface area contributed by atoms with Crippen LogP contribution in [-0.2, 0) is 4.79 Å². The van der Waals surface area contributed by atoms with Crippen LogP contribution >= 0.6 is 11.6 Å². The minimum Gasteiger partial charge on any atom is -0.376 e. The molecule has 1 fully saturated rings. The van der Waals surface area contributed by atoms with Crippen molar-refractivity contribution >= 4 is 28.9 Å². The molecule has 1 saturated heterocycles. The van der Waals surface area contributed by atoms with Crippen LogP contribution < -0.4 is 5.32 Å².